The number of nitrogens with zero attached hydrogens (tertiary/aromatic N) is 1. The molecule has 2 fully saturated rings. The molecule has 17 heavy (non-hydrogen) atoms. The van der Waals surface area contributed by atoms with Gasteiger partial charge < -0.3 is 4.90 Å². The molecule has 1 saturated carbocycles. The summed E-state index contributed by atoms with van der Waals surface area (Å²) in [6.45, 7) is 3.95. The van der Waals surface area contributed by atoms with E-state index < -0.39 is 0 Å². The van der Waals surface area contributed by atoms with Crippen LogP contribution in [0.15, 0.2) is 24.3 Å². The maximum Gasteiger partial charge on any atom is 0.227 e. The summed E-state index contributed by atoms with van der Waals surface area (Å²) in [7, 11) is 0. The van der Waals surface area contributed by atoms with Gasteiger partial charge in [0, 0.05) is 13.1 Å². The first-order chi connectivity index (χ1) is 8.08. The molecule has 1 aromatic rings. The smallest absolute Gasteiger partial charge is 0.227 e. The van der Waals surface area contributed by atoms with Gasteiger partial charge in [-0.1, -0.05) is 25.1 Å². The molecule has 0 spiro atoms. The van der Waals surface area contributed by atoms with Gasteiger partial charge in [0.25, 0.3) is 0 Å². The third kappa shape index (κ3) is 1.84. The summed E-state index contributed by atoms with van der Waals surface area (Å²) < 4.78 is 13.4. The zero-order chi connectivity index (χ0) is 12.0. The summed E-state index contributed by atoms with van der Waals surface area (Å²) in [6.07, 6.45) is 1.44. The van der Waals surface area contributed by atoms with E-state index in [1.165, 1.54) is 12.5 Å². The molecule has 0 radical (unpaired) electrons. The summed E-state index contributed by atoms with van der Waals surface area (Å²) in [5.74, 6) is 0.465. The molecule has 1 aliphatic heterocycles. The van der Waals surface area contributed by atoms with E-state index >= 15 is 0 Å². The van der Waals surface area contributed by atoms with E-state index in [-0.39, 0.29) is 18.1 Å². The number of carbonyl (C=O) groups excluding carboxylic acids is 1. The van der Waals surface area contributed by atoms with Crippen molar-refractivity contribution >= 4 is 5.91 Å². The van der Waals surface area contributed by atoms with E-state index in [1.807, 2.05) is 4.90 Å². The number of benzene rings is 1. The van der Waals surface area contributed by atoms with E-state index in [0.717, 1.165) is 13.1 Å². The van der Waals surface area contributed by atoms with Crippen molar-refractivity contribution in [2.24, 2.45) is 11.3 Å². The van der Waals surface area contributed by atoms with E-state index in [1.54, 1.807) is 18.2 Å². The first-order valence-corrected chi connectivity index (χ1v) is 6.10. The second kappa shape index (κ2) is 3.56. The number of hydrogen-bond acceptors (Lipinski definition) is 1. The van der Waals surface area contributed by atoms with Gasteiger partial charge in [0.1, 0.15) is 5.82 Å². The summed E-state index contributed by atoms with van der Waals surface area (Å²) in [5.41, 5.74) is 0.869. The maximum atomic E-state index is 13.4. The molecule has 90 valence electrons. The van der Waals surface area contributed by atoms with Gasteiger partial charge in [-0.2, -0.15) is 0 Å². The lowest BCUT2D eigenvalue weighted by Crippen LogP contribution is -2.32. The number of carbonyl (C=O) groups is 1. The van der Waals surface area contributed by atoms with Crippen LogP contribution in [0.5, 0.6) is 0 Å². The van der Waals surface area contributed by atoms with Crippen LogP contribution in [0.3, 0.4) is 0 Å². The van der Waals surface area contributed by atoms with Crippen LogP contribution in [0.4, 0.5) is 4.39 Å². The second-order valence-electron chi connectivity index (χ2n) is 5.60. The third-order valence-corrected chi connectivity index (χ3v) is 4.18. The predicted molar refractivity (Wildman–Crippen MR) is 62.9 cm³/mol. The van der Waals surface area contributed by atoms with Crippen LogP contribution in [0, 0.1) is 17.2 Å². The topological polar surface area (TPSA) is 20.3 Å². The van der Waals surface area contributed by atoms with Crippen LogP contribution >= 0.6 is 0 Å². The molecule has 0 bridgehead atoms. The summed E-state index contributed by atoms with van der Waals surface area (Å²) in [5, 5.41) is 0. The van der Waals surface area contributed by atoms with Crippen molar-refractivity contribution in [3.63, 3.8) is 0 Å². The van der Waals surface area contributed by atoms with Gasteiger partial charge in [-0.3, -0.25) is 4.79 Å². The lowest BCUT2D eigenvalue weighted by atomic mass is 10.1. The van der Waals surface area contributed by atoms with Crippen LogP contribution < -0.4 is 0 Å². The highest BCUT2D eigenvalue weighted by Gasteiger charge is 2.57. The van der Waals surface area contributed by atoms with Gasteiger partial charge in [-0.15, -0.1) is 0 Å². The van der Waals surface area contributed by atoms with Crippen LogP contribution in [-0.2, 0) is 11.2 Å². The van der Waals surface area contributed by atoms with E-state index in [2.05, 4.69) is 6.92 Å². The van der Waals surface area contributed by atoms with Gasteiger partial charge in [0.05, 0.1) is 6.42 Å². The minimum atomic E-state index is -0.281. The van der Waals surface area contributed by atoms with Crippen molar-refractivity contribution in [3.05, 3.63) is 35.6 Å². The Balaban J connectivity index is 1.67. The molecular weight excluding hydrogens is 217 g/mol. The fourth-order valence-electron chi connectivity index (χ4n) is 2.86. The van der Waals surface area contributed by atoms with Crippen molar-refractivity contribution in [2.75, 3.05) is 13.1 Å². The Labute approximate surface area is 100 Å². The largest absolute Gasteiger partial charge is 0.342 e. The van der Waals surface area contributed by atoms with E-state index in [0.29, 0.717) is 16.9 Å². The number of piperidine rings is 1. The van der Waals surface area contributed by atoms with Crippen molar-refractivity contribution < 1.29 is 9.18 Å². The quantitative estimate of drug-likeness (QED) is 0.767. The van der Waals surface area contributed by atoms with Crippen LogP contribution in [0.25, 0.3) is 0 Å². The molecule has 3 heteroatoms. The molecule has 1 aliphatic carbocycles. The van der Waals surface area contributed by atoms with E-state index in [9.17, 15) is 9.18 Å². The minimum absolute atomic E-state index is 0.0588. The average molecular weight is 233 g/mol. The average Bonchev–Trinajstić information content (AvgIpc) is 2.80. The second-order valence-corrected chi connectivity index (χ2v) is 5.60. The van der Waals surface area contributed by atoms with Crippen LogP contribution in [-0.4, -0.2) is 23.9 Å². The Kier molecular flexibility index (Phi) is 2.25. The molecule has 2 aliphatic rings. The summed E-state index contributed by atoms with van der Waals surface area (Å²) in [6, 6.07) is 6.51. The normalized spacial score (nSPS) is 30.2. The number of amides is 1. The molecule has 2 unspecified atom stereocenters. The Morgan fingerprint density at radius 3 is 2.94 bits per heavy atom. The SMILES string of the molecule is CC12CC1CN(C(=O)Cc1ccccc1F)C2. The van der Waals surface area contributed by atoms with Crippen molar-refractivity contribution in [3.8, 4) is 0 Å². The lowest BCUT2D eigenvalue weighted by molar-refractivity contribution is -0.130. The molecule has 1 aromatic carbocycles. The molecule has 3 rings (SSSR count). The molecule has 0 aromatic heterocycles. The summed E-state index contributed by atoms with van der Waals surface area (Å²) >= 11 is 0. The number of hydrogen-bond donors (Lipinski definition) is 0. The fraction of sp³-hybridized carbons (Fsp3) is 0.500. The predicted octanol–water partition coefficient (Wildman–Crippen LogP) is 2.24. The van der Waals surface area contributed by atoms with Gasteiger partial charge in [0.2, 0.25) is 5.91 Å². The number of fused-ring (bicyclic) bond motifs is 1. The van der Waals surface area contributed by atoms with E-state index in [4.69, 9.17) is 0 Å². The Morgan fingerprint density at radius 1 is 1.53 bits per heavy atom. The van der Waals surface area contributed by atoms with Crippen molar-refractivity contribution in [1.29, 1.82) is 0 Å². The molecule has 2 atom stereocenters. The molecular formula is C14H16FNO. The standard InChI is InChI=1S/C14H16FNO/c1-14-7-11(14)8-16(9-14)13(17)6-10-4-2-3-5-12(10)15/h2-5,11H,6-9H2,1H3. The molecule has 0 N–H and O–H groups in total. The highest BCUT2D eigenvalue weighted by molar-refractivity contribution is 5.79. The Hall–Kier alpha value is -1.38. The van der Waals surface area contributed by atoms with Gasteiger partial charge in [0.15, 0.2) is 0 Å². The Morgan fingerprint density at radius 2 is 2.29 bits per heavy atom. The Bertz CT molecular complexity index is 473. The fourth-order valence-corrected chi connectivity index (χ4v) is 2.86. The molecule has 1 heterocycles. The van der Waals surface area contributed by atoms with Gasteiger partial charge >= 0.3 is 0 Å². The highest BCUT2D eigenvalue weighted by atomic mass is 19.1. The third-order valence-electron chi connectivity index (χ3n) is 4.18. The summed E-state index contributed by atoms with van der Waals surface area (Å²) in [4.78, 5) is 13.9. The minimum Gasteiger partial charge on any atom is -0.342 e. The van der Waals surface area contributed by atoms with Crippen LogP contribution in [0.2, 0.25) is 0 Å². The lowest BCUT2D eigenvalue weighted by Gasteiger charge is -2.19. The van der Waals surface area contributed by atoms with Crippen molar-refractivity contribution in [2.45, 2.75) is 19.8 Å². The first-order valence-electron chi connectivity index (χ1n) is 6.10. The number of halogens is 1. The number of likely N-dealkylation sites (tertiary alicyclic amines) is 1. The molecule has 2 nitrogen and oxygen atoms in total. The van der Waals surface area contributed by atoms with Crippen molar-refractivity contribution in [1.82, 2.24) is 4.90 Å². The maximum absolute atomic E-state index is 13.4. The molecule has 1 amide bonds. The van der Waals surface area contributed by atoms with Crippen LogP contribution in [0.1, 0.15) is 18.9 Å². The zero-order valence-electron chi connectivity index (χ0n) is 9.95. The first kappa shape index (κ1) is 10.8. The number of rotatable bonds is 2. The van der Waals surface area contributed by atoms with Gasteiger partial charge in [-0.05, 0) is 29.4 Å². The molecule has 1 saturated heterocycles. The zero-order valence-corrected chi connectivity index (χ0v) is 9.95. The van der Waals surface area contributed by atoms with Gasteiger partial charge in [-0.25, -0.2) is 4.39 Å². The highest BCUT2D eigenvalue weighted by Crippen LogP contribution is 2.57. The monoisotopic (exact) mass is 233 g/mol.